The summed E-state index contributed by atoms with van der Waals surface area (Å²) in [6.07, 6.45) is 1.88. The summed E-state index contributed by atoms with van der Waals surface area (Å²) < 4.78 is 13.2. The van der Waals surface area contributed by atoms with Crippen molar-refractivity contribution in [2.45, 2.75) is 33.6 Å². The molecule has 0 atom stereocenters. The number of aromatic amines is 1. The molecule has 0 aliphatic heterocycles. The van der Waals surface area contributed by atoms with Gasteiger partial charge in [-0.3, -0.25) is 4.79 Å². The lowest BCUT2D eigenvalue weighted by molar-refractivity contribution is 0.638. The third kappa shape index (κ3) is 3.12. The van der Waals surface area contributed by atoms with E-state index in [0.29, 0.717) is 17.8 Å². The molecule has 0 bridgehead atoms. The van der Waals surface area contributed by atoms with E-state index in [1.807, 2.05) is 6.92 Å². The fraction of sp³-hybridized carbons (Fsp3) is 0.385. The Morgan fingerprint density at radius 2 is 1.94 bits per heavy atom. The van der Waals surface area contributed by atoms with Crippen LogP contribution in [0.15, 0.2) is 23.0 Å². The third-order valence-electron chi connectivity index (χ3n) is 2.07. The number of nitrogens with one attached hydrogen (secondary N) is 1. The minimum atomic E-state index is -0.529. The average molecular weight is 236 g/mol. The number of H-pyrrole nitrogens is 1. The molecule has 0 fully saturated rings. The number of aromatic nitrogens is 2. The molecule has 0 amide bonds. The van der Waals surface area contributed by atoms with Crippen LogP contribution in [0.2, 0.25) is 0 Å². The van der Waals surface area contributed by atoms with Gasteiger partial charge in [-0.1, -0.05) is 33.3 Å². The molecule has 0 aliphatic carbocycles. The predicted molar refractivity (Wildman–Crippen MR) is 67.7 cm³/mol. The van der Waals surface area contributed by atoms with Crippen LogP contribution in [0.25, 0.3) is 10.9 Å². The van der Waals surface area contributed by atoms with Gasteiger partial charge in [0.05, 0.1) is 5.52 Å². The number of fused-ring (bicyclic) bond motifs is 1. The van der Waals surface area contributed by atoms with Crippen molar-refractivity contribution in [2.24, 2.45) is 0 Å². The Hall–Kier alpha value is -1.71. The quantitative estimate of drug-likeness (QED) is 0.827. The number of rotatable bonds is 1. The molecule has 1 N–H and O–H groups in total. The second-order valence-corrected chi connectivity index (χ2v) is 3.71. The second kappa shape index (κ2) is 6.13. The Morgan fingerprint density at radius 3 is 2.53 bits per heavy atom. The maximum absolute atomic E-state index is 13.2. The van der Waals surface area contributed by atoms with Gasteiger partial charge in [0.15, 0.2) is 0 Å². The number of aryl methyl sites for hydroxylation is 1. The van der Waals surface area contributed by atoms with Crippen LogP contribution in [0.1, 0.15) is 33.0 Å². The standard InChI is InChI=1S/C10H9FN2O.C3H8/c1-2-8-12-7-5-3-4-6(11)9(7)10(14)13-8;1-3-2/h3-5H,2H2,1H3,(H,12,13,14);3H2,1-2H3. The summed E-state index contributed by atoms with van der Waals surface area (Å²) in [5.41, 5.74) is -0.00412. The van der Waals surface area contributed by atoms with Crippen molar-refractivity contribution in [3.05, 3.63) is 40.2 Å². The first kappa shape index (κ1) is 13.4. The Morgan fingerprint density at radius 1 is 1.29 bits per heavy atom. The SMILES string of the molecule is CCC.CCc1nc2cccc(F)c2c(=O)[nH]1. The van der Waals surface area contributed by atoms with E-state index < -0.39 is 11.4 Å². The van der Waals surface area contributed by atoms with Crippen molar-refractivity contribution < 1.29 is 4.39 Å². The van der Waals surface area contributed by atoms with Crippen LogP contribution < -0.4 is 5.56 Å². The van der Waals surface area contributed by atoms with Gasteiger partial charge in [0, 0.05) is 6.42 Å². The van der Waals surface area contributed by atoms with Crippen molar-refractivity contribution in [3.63, 3.8) is 0 Å². The topological polar surface area (TPSA) is 45.8 Å². The third-order valence-corrected chi connectivity index (χ3v) is 2.07. The van der Waals surface area contributed by atoms with Crippen LogP contribution in [0.3, 0.4) is 0 Å². The van der Waals surface area contributed by atoms with Crippen molar-refractivity contribution >= 4 is 10.9 Å². The van der Waals surface area contributed by atoms with E-state index in [1.165, 1.54) is 12.5 Å². The van der Waals surface area contributed by atoms with Crippen LogP contribution in [-0.4, -0.2) is 9.97 Å². The highest BCUT2D eigenvalue weighted by atomic mass is 19.1. The molecule has 1 aromatic carbocycles. The van der Waals surface area contributed by atoms with Crippen LogP contribution >= 0.6 is 0 Å². The number of hydrogen-bond acceptors (Lipinski definition) is 2. The summed E-state index contributed by atoms with van der Waals surface area (Å²) in [6.45, 7) is 6.13. The van der Waals surface area contributed by atoms with Gasteiger partial charge < -0.3 is 4.98 Å². The largest absolute Gasteiger partial charge is 0.310 e. The first-order valence-corrected chi connectivity index (χ1v) is 5.81. The molecule has 0 saturated heterocycles. The van der Waals surface area contributed by atoms with E-state index in [9.17, 15) is 9.18 Å². The molecule has 1 aromatic heterocycles. The summed E-state index contributed by atoms with van der Waals surface area (Å²) in [7, 11) is 0. The molecular formula is C13H17FN2O. The monoisotopic (exact) mass is 236 g/mol. The number of hydrogen-bond donors (Lipinski definition) is 1. The predicted octanol–water partition coefficient (Wildman–Crippen LogP) is 3.04. The van der Waals surface area contributed by atoms with Crippen molar-refractivity contribution in [1.29, 1.82) is 0 Å². The van der Waals surface area contributed by atoms with Crippen molar-refractivity contribution in [2.75, 3.05) is 0 Å². The number of nitrogens with zero attached hydrogens (tertiary/aromatic N) is 1. The summed E-state index contributed by atoms with van der Waals surface area (Å²) in [6, 6.07) is 4.43. The van der Waals surface area contributed by atoms with Crippen LogP contribution in [0.4, 0.5) is 4.39 Å². The fourth-order valence-electron chi connectivity index (χ4n) is 1.37. The molecule has 2 aromatic rings. The zero-order valence-electron chi connectivity index (χ0n) is 10.4. The summed E-state index contributed by atoms with van der Waals surface area (Å²) in [5.74, 6) is 0.0482. The molecule has 4 heteroatoms. The van der Waals surface area contributed by atoms with Crippen LogP contribution in [0, 0.1) is 5.82 Å². The van der Waals surface area contributed by atoms with E-state index in [-0.39, 0.29) is 5.39 Å². The first-order valence-electron chi connectivity index (χ1n) is 5.81. The summed E-state index contributed by atoms with van der Waals surface area (Å²) >= 11 is 0. The fourth-order valence-corrected chi connectivity index (χ4v) is 1.37. The van der Waals surface area contributed by atoms with E-state index in [4.69, 9.17) is 0 Å². The molecular weight excluding hydrogens is 219 g/mol. The summed E-state index contributed by atoms with van der Waals surface area (Å²) in [4.78, 5) is 18.1. The Balaban J connectivity index is 0.000000437. The molecule has 1 heterocycles. The minimum absolute atomic E-state index is 0.0321. The zero-order chi connectivity index (χ0) is 12.8. The van der Waals surface area contributed by atoms with Crippen LogP contribution in [0.5, 0.6) is 0 Å². The minimum Gasteiger partial charge on any atom is -0.310 e. The van der Waals surface area contributed by atoms with E-state index >= 15 is 0 Å². The van der Waals surface area contributed by atoms with Crippen molar-refractivity contribution in [1.82, 2.24) is 9.97 Å². The molecule has 17 heavy (non-hydrogen) atoms. The lowest BCUT2D eigenvalue weighted by Gasteiger charge is -2.00. The van der Waals surface area contributed by atoms with Gasteiger partial charge in [-0.25, -0.2) is 9.37 Å². The molecule has 2 rings (SSSR count). The van der Waals surface area contributed by atoms with Gasteiger partial charge in [0.2, 0.25) is 0 Å². The highest BCUT2D eigenvalue weighted by molar-refractivity contribution is 5.77. The summed E-state index contributed by atoms with van der Waals surface area (Å²) in [5, 5.41) is 0.0321. The Kier molecular flexibility index (Phi) is 4.82. The highest BCUT2D eigenvalue weighted by Crippen LogP contribution is 2.10. The van der Waals surface area contributed by atoms with Gasteiger partial charge >= 0.3 is 0 Å². The lowest BCUT2D eigenvalue weighted by Crippen LogP contribution is -2.12. The second-order valence-electron chi connectivity index (χ2n) is 3.71. The van der Waals surface area contributed by atoms with Crippen LogP contribution in [-0.2, 0) is 6.42 Å². The van der Waals surface area contributed by atoms with Gasteiger partial charge in [-0.15, -0.1) is 0 Å². The van der Waals surface area contributed by atoms with Crippen molar-refractivity contribution in [3.8, 4) is 0 Å². The van der Waals surface area contributed by atoms with E-state index in [2.05, 4.69) is 23.8 Å². The zero-order valence-corrected chi connectivity index (χ0v) is 10.4. The molecule has 0 radical (unpaired) electrons. The van der Waals surface area contributed by atoms with Gasteiger partial charge in [0.25, 0.3) is 5.56 Å². The van der Waals surface area contributed by atoms with E-state index in [0.717, 1.165) is 0 Å². The highest BCUT2D eigenvalue weighted by Gasteiger charge is 2.06. The number of benzene rings is 1. The molecule has 3 nitrogen and oxygen atoms in total. The van der Waals surface area contributed by atoms with Gasteiger partial charge in [-0.2, -0.15) is 0 Å². The lowest BCUT2D eigenvalue weighted by atomic mass is 10.2. The molecule has 0 saturated carbocycles. The molecule has 0 aliphatic rings. The first-order chi connectivity index (χ1) is 8.13. The maximum Gasteiger partial charge on any atom is 0.261 e. The van der Waals surface area contributed by atoms with Gasteiger partial charge in [0.1, 0.15) is 17.0 Å². The Bertz CT molecular complexity index is 549. The molecule has 0 spiro atoms. The smallest absolute Gasteiger partial charge is 0.261 e. The normalized spacial score (nSPS) is 9.88. The molecule has 92 valence electrons. The van der Waals surface area contributed by atoms with E-state index in [1.54, 1.807) is 12.1 Å². The number of halogens is 1. The average Bonchev–Trinajstić information content (AvgIpc) is 2.29. The maximum atomic E-state index is 13.2. The Labute approximate surface area is 99.7 Å². The van der Waals surface area contributed by atoms with Gasteiger partial charge in [-0.05, 0) is 12.1 Å². The molecule has 0 unspecified atom stereocenters.